The van der Waals surface area contributed by atoms with Crippen LogP contribution in [0.2, 0.25) is 0 Å². The van der Waals surface area contributed by atoms with Crippen molar-refractivity contribution in [3.63, 3.8) is 0 Å². The van der Waals surface area contributed by atoms with Crippen molar-refractivity contribution in [3.8, 4) is 5.75 Å². The molecule has 2 aromatic heterocycles. The first-order valence-electron chi connectivity index (χ1n) is 9.70. The van der Waals surface area contributed by atoms with Gasteiger partial charge >= 0.3 is 0 Å². The van der Waals surface area contributed by atoms with Gasteiger partial charge in [0, 0.05) is 35.8 Å². The molecular formula is C22H24FN3O2. The molecule has 146 valence electrons. The lowest BCUT2D eigenvalue weighted by Crippen LogP contribution is -2.38. The first-order chi connectivity index (χ1) is 13.5. The summed E-state index contributed by atoms with van der Waals surface area (Å²) in [5.41, 5.74) is 2.07. The zero-order valence-corrected chi connectivity index (χ0v) is 16.1. The van der Waals surface area contributed by atoms with Crippen molar-refractivity contribution >= 4 is 16.9 Å². The number of hydrogen-bond acceptors (Lipinski definition) is 3. The Kier molecular flexibility index (Phi) is 5.03. The Morgan fingerprint density at radius 3 is 2.61 bits per heavy atom. The van der Waals surface area contributed by atoms with Crippen molar-refractivity contribution in [2.45, 2.75) is 38.7 Å². The number of amides is 1. The van der Waals surface area contributed by atoms with E-state index in [4.69, 9.17) is 4.74 Å². The number of H-pyrrole nitrogens is 1. The number of rotatable bonds is 4. The number of aromatic amines is 1. The maximum Gasteiger partial charge on any atom is 0.253 e. The van der Waals surface area contributed by atoms with E-state index in [1.54, 1.807) is 18.3 Å². The molecule has 0 saturated carbocycles. The first kappa shape index (κ1) is 18.5. The average Bonchev–Trinajstić information content (AvgIpc) is 3.16. The normalized spacial score (nSPS) is 15.4. The summed E-state index contributed by atoms with van der Waals surface area (Å²) in [6, 6.07) is 9.14. The number of likely N-dealkylation sites (tertiary alicyclic amines) is 1. The Bertz CT molecular complexity index is 973. The minimum atomic E-state index is -0.266. The number of fused-ring (bicyclic) bond motifs is 1. The molecule has 1 aliphatic heterocycles. The van der Waals surface area contributed by atoms with Crippen LogP contribution in [0, 0.1) is 5.82 Å². The Morgan fingerprint density at radius 2 is 1.93 bits per heavy atom. The van der Waals surface area contributed by atoms with Crippen LogP contribution in [0.3, 0.4) is 0 Å². The third-order valence-corrected chi connectivity index (χ3v) is 5.24. The molecule has 3 aromatic rings. The summed E-state index contributed by atoms with van der Waals surface area (Å²) >= 11 is 0. The summed E-state index contributed by atoms with van der Waals surface area (Å²) in [5, 5.41) is 0.838. The van der Waals surface area contributed by atoms with Gasteiger partial charge in [-0.25, -0.2) is 9.37 Å². The molecule has 3 heterocycles. The average molecular weight is 381 g/mol. The maximum atomic E-state index is 14.5. The van der Waals surface area contributed by atoms with Gasteiger partial charge in [-0.1, -0.05) is 0 Å². The van der Waals surface area contributed by atoms with E-state index in [-0.39, 0.29) is 23.7 Å². The molecule has 28 heavy (non-hydrogen) atoms. The number of halogens is 1. The number of aromatic nitrogens is 2. The quantitative estimate of drug-likeness (QED) is 0.723. The molecule has 4 rings (SSSR count). The number of carbonyl (C=O) groups excluding carboxylic acids is 1. The SMILES string of the molecule is CC(C)Oc1ccc(C(=O)N2CCC(c3c(F)cnc4[nH]ccc34)CC2)cc1. The number of nitrogens with zero attached hydrogens (tertiary/aromatic N) is 2. The molecule has 0 bridgehead atoms. The van der Waals surface area contributed by atoms with Crippen LogP contribution in [0.15, 0.2) is 42.7 Å². The predicted octanol–water partition coefficient (Wildman–Crippen LogP) is 4.51. The highest BCUT2D eigenvalue weighted by Gasteiger charge is 2.27. The van der Waals surface area contributed by atoms with Gasteiger partial charge in [0.1, 0.15) is 17.2 Å². The highest BCUT2D eigenvalue weighted by Crippen LogP contribution is 2.34. The second-order valence-electron chi connectivity index (χ2n) is 7.52. The van der Waals surface area contributed by atoms with Crippen LogP contribution in [0.1, 0.15) is 48.5 Å². The second-order valence-corrected chi connectivity index (χ2v) is 7.52. The minimum Gasteiger partial charge on any atom is -0.491 e. The lowest BCUT2D eigenvalue weighted by atomic mass is 9.87. The fourth-order valence-electron chi connectivity index (χ4n) is 3.92. The van der Waals surface area contributed by atoms with E-state index in [2.05, 4.69) is 9.97 Å². The van der Waals surface area contributed by atoms with Gasteiger partial charge < -0.3 is 14.6 Å². The first-order valence-corrected chi connectivity index (χ1v) is 9.70. The molecule has 1 aromatic carbocycles. The van der Waals surface area contributed by atoms with Crippen molar-refractivity contribution in [2.24, 2.45) is 0 Å². The summed E-state index contributed by atoms with van der Waals surface area (Å²) in [6.45, 7) is 5.16. The molecule has 5 nitrogen and oxygen atoms in total. The molecule has 1 aliphatic rings. The number of piperidine rings is 1. The van der Waals surface area contributed by atoms with Gasteiger partial charge in [0.2, 0.25) is 0 Å². The minimum absolute atomic E-state index is 0.0107. The molecule has 1 N–H and O–H groups in total. The number of hydrogen-bond donors (Lipinski definition) is 1. The van der Waals surface area contributed by atoms with Crippen LogP contribution < -0.4 is 4.74 Å². The van der Waals surface area contributed by atoms with Crippen molar-refractivity contribution < 1.29 is 13.9 Å². The zero-order valence-electron chi connectivity index (χ0n) is 16.1. The van der Waals surface area contributed by atoms with Crippen molar-refractivity contribution in [3.05, 3.63) is 59.7 Å². The van der Waals surface area contributed by atoms with Gasteiger partial charge in [-0.05, 0) is 62.9 Å². The standard InChI is InChI=1S/C22H24FN3O2/c1-14(2)28-17-5-3-16(4-6-17)22(27)26-11-8-15(9-12-26)20-18-7-10-24-21(18)25-13-19(20)23/h3-7,10,13-15H,8-9,11-12H2,1-2H3,(H,24,25). The van der Waals surface area contributed by atoms with Crippen LogP contribution in [0.25, 0.3) is 11.0 Å². The summed E-state index contributed by atoms with van der Waals surface area (Å²) < 4.78 is 20.1. The van der Waals surface area contributed by atoms with E-state index < -0.39 is 0 Å². The molecular weight excluding hydrogens is 357 g/mol. The number of nitrogens with one attached hydrogen (secondary N) is 1. The topological polar surface area (TPSA) is 58.2 Å². The highest BCUT2D eigenvalue weighted by molar-refractivity contribution is 5.94. The Hall–Kier alpha value is -2.89. The molecule has 0 atom stereocenters. The third kappa shape index (κ3) is 3.59. The number of pyridine rings is 1. The van der Waals surface area contributed by atoms with Crippen molar-refractivity contribution in [1.82, 2.24) is 14.9 Å². The van der Waals surface area contributed by atoms with Gasteiger partial charge in [0.15, 0.2) is 0 Å². The monoisotopic (exact) mass is 381 g/mol. The summed E-state index contributed by atoms with van der Waals surface area (Å²) in [7, 11) is 0. The van der Waals surface area contributed by atoms with E-state index in [1.165, 1.54) is 6.20 Å². The Balaban J connectivity index is 1.44. The number of carbonyl (C=O) groups is 1. The molecule has 0 spiro atoms. The van der Waals surface area contributed by atoms with Gasteiger partial charge in [0.25, 0.3) is 5.91 Å². The van der Waals surface area contributed by atoms with Crippen LogP contribution in [-0.2, 0) is 0 Å². The Labute approximate surface area is 163 Å². The maximum absolute atomic E-state index is 14.5. The third-order valence-electron chi connectivity index (χ3n) is 5.24. The fourth-order valence-corrected chi connectivity index (χ4v) is 3.92. The number of ether oxygens (including phenoxy) is 1. The predicted molar refractivity (Wildman–Crippen MR) is 106 cm³/mol. The van der Waals surface area contributed by atoms with Gasteiger partial charge in [-0.15, -0.1) is 0 Å². The molecule has 1 saturated heterocycles. The molecule has 0 aliphatic carbocycles. The van der Waals surface area contributed by atoms with E-state index in [0.717, 1.165) is 24.0 Å². The smallest absolute Gasteiger partial charge is 0.253 e. The van der Waals surface area contributed by atoms with Gasteiger partial charge in [-0.3, -0.25) is 4.79 Å². The van der Waals surface area contributed by atoms with Gasteiger partial charge in [-0.2, -0.15) is 0 Å². The lowest BCUT2D eigenvalue weighted by molar-refractivity contribution is 0.0712. The van der Waals surface area contributed by atoms with Crippen LogP contribution >= 0.6 is 0 Å². The van der Waals surface area contributed by atoms with E-state index >= 15 is 0 Å². The summed E-state index contributed by atoms with van der Waals surface area (Å²) in [5.74, 6) is 0.593. The molecule has 6 heteroatoms. The van der Waals surface area contributed by atoms with Crippen LogP contribution in [0.4, 0.5) is 4.39 Å². The van der Waals surface area contributed by atoms with Crippen LogP contribution in [0.5, 0.6) is 5.75 Å². The largest absolute Gasteiger partial charge is 0.491 e. The summed E-state index contributed by atoms with van der Waals surface area (Å²) in [4.78, 5) is 21.8. The van der Waals surface area contributed by atoms with Crippen LogP contribution in [-0.4, -0.2) is 40.0 Å². The van der Waals surface area contributed by atoms with Crippen molar-refractivity contribution in [2.75, 3.05) is 13.1 Å². The van der Waals surface area contributed by atoms with E-state index in [0.29, 0.717) is 29.9 Å². The molecule has 0 unspecified atom stereocenters. The lowest BCUT2D eigenvalue weighted by Gasteiger charge is -2.32. The molecule has 0 radical (unpaired) electrons. The second kappa shape index (κ2) is 7.62. The van der Waals surface area contributed by atoms with Gasteiger partial charge in [0.05, 0.1) is 12.3 Å². The molecule has 1 fully saturated rings. The van der Waals surface area contributed by atoms with E-state index in [9.17, 15) is 9.18 Å². The molecule has 1 amide bonds. The van der Waals surface area contributed by atoms with E-state index in [1.807, 2.05) is 36.9 Å². The Morgan fingerprint density at radius 1 is 1.21 bits per heavy atom. The number of benzene rings is 1. The summed E-state index contributed by atoms with van der Waals surface area (Å²) in [6.07, 6.45) is 4.64. The highest BCUT2D eigenvalue weighted by atomic mass is 19.1. The van der Waals surface area contributed by atoms with Crippen molar-refractivity contribution in [1.29, 1.82) is 0 Å². The fraction of sp³-hybridized carbons (Fsp3) is 0.364. The zero-order chi connectivity index (χ0) is 19.7.